The summed E-state index contributed by atoms with van der Waals surface area (Å²) in [6.45, 7) is 0.532. The van der Waals surface area contributed by atoms with Crippen LogP contribution >= 0.6 is 0 Å². The number of rotatable bonds is 4. The zero-order valence-corrected chi connectivity index (χ0v) is 11.1. The van der Waals surface area contributed by atoms with E-state index in [1.54, 1.807) is 37.4 Å². The van der Waals surface area contributed by atoms with E-state index < -0.39 is 0 Å². The van der Waals surface area contributed by atoms with Crippen LogP contribution in [0.15, 0.2) is 42.5 Å². The van der Waals surface area contributed by atoms with Gasteiger partial charge in [-0.05, 0) is 35.9 Å². The van der Waals surface area contributed by atoms with Crippen molar-refractivity contribution in [1.29, 1.82) is 0 Å². The number of halogens is 1. The molecular weight excluding hydrogens is 257 g/mol. The third-order valence-corrected chi connectivity index (χ3v) is 2.94. The lowest BCUT2D eigenvalue weighted by Crippen LogP contribution is -2.18. The molecule has 2 aromatic rings. The third-order valence-electron chi connectivity index (χ3n) is 2.94. The zero-order valence-electron chi connectivity index (χ0n) is 11.1. The number of anilines is 2. The van der Waals surface area contributed by atoms with E-state index in [-0.39, 0.29) is 11.7 Å². The molecule has 0 bridgehead atoms. The van der Waals surface area contributed by atoms with Gasteiger partial charge < -0.3 is 16.4 Å². The van der Waals surface area contributed by atoms with Crippen LogP contribution in [0.1, 0.15) is 15.9 Å². The highest BCUT2D eigenvalue weighted by Gasteiger charge is 2.06. The second kappa shape index (κ2) is 6.06. The normalized spacial score (nSPS) is 10.1. The lowest BCUT2D eigenvalue weighted by molar-refractivity contribution is 0.0963. The molecule has 0 spiro atoms. The second-order valence-corrected chi connectivity index (χ2v) is 4.36. The Morgan fingerprint density at radius 2 is 1.90 bits per heavy atom. The fourth-order valence-electron chi connectivity index (χ4n) is 1.81. The molecule has 4 N–H and O–H groups in total. The number of amides is 1. The van der Waals surface area contributed by atoms with E-state index in [1.165, 1.54) is 12.1 Å². The van der Waals surface area contributed by atoms with E-state index >= 15 is 0 Å². The van der Waals surface area contributed by atoms with Crippen molar-refractivity contribution in [3.8, 4) is 0 Å². The molecule has 2 aromatic carbocycles. The average molecular weight is 273 g/mol. The lowest BCUT2D eigenvalue weighted by atomic mass is 10.1. The highest BCUT2D eigenvalue weighted by atomic mass is 19.1. The summed E-state index contributed by atoms with van der Waals surface area (Å²) < 4.78 is 12.8. The summed E-state index contributed by atoms with van der Waals surface area (Å²) in [6, 6.07) is 11.3. The van der Waals surface area contributed by atoms with Crippen LogP contribution < -0.4 is 16.4 Å². The highest BCUT2D eigenvalue weighted by molar-refractivity contribution is 5.95. The minimum Gasteiger partial charge on any atom is -0.397 e. The van der Waals surface area contributed by atoms with Gasteiger partial charge in [0.15, 0.2) is 0 Å². The number of carbonyl (C=O) groups is 1. The molecule has 0 heterocycles. The maximum atomic E-state index is 12.8. The number of nitrogens with one attached hydrogen (secondary N) is 2. The van der Waals surface area contributed by atoms with Crippen molar-refractivity contribution < 1.29 is 9.18 Å². The predicted molar refractivity (Wildman–Crippen MR) is 78.0 cm³/mol. The fraction of sp³-hybridized carbons (Fsp3) is 0.133. The second-order valence-electron chi connectivity index (χ2n) is 4.36. The Balaban J connectivity index is 2.06. The van der Waals surface area contributed by atoms with Gasteiger partial charge in [-0.1, -0.05) is 12.1 Å². The molecule has 0 saturated carbocycles. The van der Waals surface area contributed by atoms with Crippen LogP contribution in [0.5, 0.6) is 0 Å². The van der Waals surface area contributed by atoms with Crippen molar-refractivity contribution in [3.05, 3.63) is 59.4 Å². The van der Waals surface area contributed by atoms with Crippen LogP contribution in [0.3, 0.4) is 0 Å². The zero-order chi connectivity index (χ0) is 14.5. The van der Waals surface area contributed by atoms with Gasteiger partial charge in [0.05, 0.1) is 11.4 Å². The van der Waals surface area contributed by atoms with Crippen molar-refractivity contribution in [3.63, 3.8) is 0 Å². The van der Waals surface area contributed by atoms with Gasteiger partial charge in [-0.3, -0.25) is 4.79 Å². The maximum absolute atomic E-state index is 12.8. The van der Waals surface area contributed by atoms with Gasteiger partial charge in [-0.25, -0.2) is 4.39 Å². The molecule has 0 atom stereocenters. The van der Waals surface area contributed by atoms with Crippen LogP contribution in [-0.4, -0.2) is 13.0 Å². The van der Waals surface area contributed by atoms with Crippen molar-refractivity contribution >= 4 is 17.3 Å². The first-order valence-corrected chi connectivity index (χ1v) is 6.20. The van der Waals surface area contributed by atoms with E-state index in [2.05, 4.69) is 10.6 Å². The summed E-state index contributed by atoms with van der Waals surface area (Å²) in [5.74, 6) is -0.440. The van der Waals surface area contributed by atoms with E-state index in [4.69, 9.17) is 5.73 Å². The van der Waals surface area contributed by atoms with Gasteiger partial charge in [0.2, 0.25) is 0 Å². The Morgan fingerprint density at radius 1 is 1.20 bits per heavy atom. The van der Waals surface area contributed by atoms with Gasteiger partial charge in [0, 0.05) is 19.2 Å². The molecule has 0 saturated heterocycles. The molecule has 0 aliphatic carbocycles. The van der Waals surface area contributed by atoms with Crippen LogP contribution in [0.4, 0.5) is 15.8 Å². The molecule has 0 fully saturated rings. The summed E-state index contributed by atoms with van der Waals surface area (Å²) in [4.78, 5) is 11.5. The first-order valence-electron chi connectivity index (χ1n) is 6.20. The Bertz CT molecular complexity index is 611. The standard InChI is InChI=1S/C15H16FN3O/c1-18-15(20)11-4-7-14(13(17)8-11)19-9-10-2-5-12(16)6-3-10/h2-8,19H,9,17H2,1H3,(H,18,20). The summed E-state index contributed by atoms with van der Waals surface area (Å²) in [6.07, 6.45) is 0. The van der Waals surface area contributed by atoms with Crippen LogP contribution in [0, 0.1) is 5.82 Å². The van der Waals surface area contributed by atoms with Gasteiger partial charge >= 0.3 is 0 Å². The Hall–Kier alpha value is -2.56. The van der Waals surface area contributed by atoms with Crippen molar-refractivity contribution in [1.82, 2.24) is 5.32 Å². The van der Waals surface area contributed by atoms with E-state index in [1.807, 2.05) is 0 Å². The number of hydrogen-bond acceptors (Lipinski definition) is 3. The summed E-state index contributed by atoms with van der Waals surface area (Å²) >= 11 is 0. The quantitative estimate of drug-likeness (QED) is 0.749. The molecule has 2 rings (SSSR count). The monoisotopic (exact) mass is 273 g/mol. The molecule has 0 radical (unpaired) electrons. The molecule has 104 valence electrons. The highest BCUT2D eigenvalue weighted by Crippen LogP contribution is 2.20. The molecule has 0 aliphatic heterocycles. The number of benzene rings is 2. The lowest BCUT2D eigenvalue weighted by Gasteiger charge is -2.10. The van der Waals surface area contributed by atoms with E-state index in [9.17, 15) is 9.18 Å². The molecule has 4 nitrogen and oxygen atoms in total. The number of carbonyl (C=O) groups excluding carboxylic acids is 1. The third kappa shape index (κ3) is 3.26. The smallest absolute Gasteiger partial charge is 0.251 e. The summed E-state index contributed by atoms with van der Waals surface area (Å²) in [7, 11) is 1.57. The summed E-state index contributed by atoms with van der Waals surface area (Å²) in [5, 5.41) is 5.69. The fourth-order valence-corrected chi connectivity index (χ4v) is 1.81. The first kappa shape index (κ1) is 13.9. The van der Waals surface area contributed by atoms with Crippen LogP contribution in [0.2, 0.25) is 0 Å². The van der Waals surface area contributed by atoms with Crippen molar-refractivity contribution in [2.24, 2.45) is 0 Å². The Kier molecular flexibility index (Phi) is 4.20. The molecular formula is C15H16FN3O. The van der Waals surface area contributed by atoms with Crippen LogP contribution in [-0.2, 0) is 6.54 Å². The summed E-state index contributed by atoms with van der Waals surface area (Å²) in [5.41, 5.74) is 8.59. The Morgan fingerprint density at radius 3 is 2.50 bits per heavy atom. The predicted octanol–water partition coefficient (Wildman–Crippen LogP) is 2.38. The van der Waals surface area contributed by atoms with Gasteiger partial charge in [0.1, 0.15) is 5.82 Å². The van der Waals surface area contributed by atoms with Gasteiger partial charge in [-0.15, -0.1) is 0 Å². The van der Waals surface area contributed by atoms with Crippen LogP contribution in [0.25, 0.3) is 0 Å². The SMILES string of the molecule is CNC(=O)c1ccc(NCc2ccc(F)cc2)c(N)c1. The minimum atomic E-state index is -0.261. The molecule has 20 heavy (non-hydrogen) atoms. The van der Waals surface area contributed by atoms with Crippen molar-refractivity contribution in [2.75, 3.05) is 18.1 Å². The molecule has 0 aliphatic rings. The number of nitrogen functional groups attached to an aromatic ring is 1. The first-order chi connectivity index (χ1) is 9.60. The minimum absolute atomic E-state index is 0.179. The van der Waals surface area contributed by atoms with Gasteiger partial charge in [0.25, 0.3) is 5.91 Å². The topological polar surface area (TPSA) is 67.2 Å². The number of nitrogens with two attached hydrogens (primary N) is 1. The molecule has 1 amide bonds. The largest absolute Gasteiger partial charge is 0.397 e. The van der Waals surface area contributed by atoms with Gasteiger partial charge in [-0.2, -0.15) is 0 Å². The molecule has 0 unspecified atom stereocenters. The van der Waals surface area contributed by atoms with Crippen molar-refractivity contribution in [2.45, 2.75) is 6.54 Å². The molecule has 0 aromatic heterocycles. The Labute approximate surface area is 116 Å². The van der Waals surface area contributed by atoms with E-state index in [0.29, 0.717) is 17.8 Å². The maximum Gasteiger partial charge on any atom is 0.251 e. The average Bonchev–Trinajstić information content (AvgIpc) is 2.46. The number of hydrogen-bond donors (Lipinski definition) is 3. The van der Waals surface area contributed by atoms with E-state index in [0.717, 1.165) is 11.3 Å². The molecule has 5 heteroatoms.